The van der Waals surface area contributed by atoms with Crippen LogP contribution < -0.4 is 5.32 Å². The maximum atomic E-state index is 12.1. The van der Waals surface area contributed by atoms with Crippen molar-refractivity contribution >= 4 is 5.91 Å². The van der Waals surface area contributed by atoms with E-state index >= 15 is 0 Å². The van der Waals surface area contributed by atoms with Crippen LogP contribution in [0.1, 0.15) is 40.1 Å². The number of furan rings is 1. The van der Waals surface area contributed by atoms with Crippen LogP contribution in [0.15, 0.2) is 77.4 Å². The van der Waals surface area contributed by atoms with Gasteiger partial charge in [0.05, 0.1) is 6.26 Å². The van der Waals surface area contributed by atoms with Crippen molar-refractivity contribution in [3.63, 3.8) is 0 Å². The quantitative estimate of drug-likeness (QED) is 0.651. The number of nitrogens with zero attached hydrogens (tertiary/aromatic N) is 1. The predicted octanol–water partition coefficient (Wildman–Crippen LogP) is 4.32. The summed E-state index contributed by atoms with van der Waals surface area (Å²) in [5, 5.41) is 3.01. The van der Waals surface area contributed by atoms with Crippen LogP contribution in [0.2, 0.25) is 0 Å². The summed E-state index contributed by atoms with van der Waals surface area (Å²) < 4.78 is 5.17. The van der Waals surface area contributed by atoms with Crippen LogP contribution in [0, 0.1) is 17.8 Å². The molecule has 2 aromatic carbocycles. The number of piperidine rings is 1. The van der Waals surface area contributed by atoms with Crippen LogP contribution in [0.4, 0.5) is 0 Å². The average molecular weight is 399 g/mol. The Hall–Kier alpha value is -3.29. The Morgan fingerprint density at radius 3 is 2.70 bits per heavy atom. The molecule has 1 amide bonds. The Morgan fingerprint density at radius 2 is 1.87 bits per heavy atom. The molecule has 2 heterocycles. The zero-order valence-corrected chi connectivity index (χ0v) is 17.0. The van der Waals surface area contributed by atoms with Gasteiger partial charge in [-0.05, 0) is 61.2 Å². The van der Waals surface area contributed by atoms with E-state index in [4.69, 9.17) is 4.42 Å². The van der Waals surface area contributed by atoms with E-state index in [-0.39, 0.29) is 5.91 Å². The molecule has 0 aliphatic carbocycles. The first-order chi connectivity index (χ1) is 14.8. The summed E-state index contributed by atoms with van der Waals surface area (Å²) in [4.78, 5) is 14.6. The van der Waals surface area contributed by atoms with E-state index in [0.717, 1.165) is 43.6 Å². The Labute approximate surface area is 177 Å². The van der Waals surface area contributed by atoms with E-state index in [0.29, 0.717) is 18.2 Å². The standard InChI is InChI=1S/C26H26N2O2/c29-26(25-13-7-17-30-25)27-18-22-10-6-16-28(19-22)20-24-12-5-4-11-23(24)15-14-21-8-2-1-3-9-21/h1-5,7-9,11-13,17,22H,6,10,16,18-20H2,(H,27,29). The minimum Gasteiger partial charge on any atom is -0.459 e. The number of hydrogen-bond acceptors (Lipinski definition) is 3. The second-order valence-electron chi connectivity index (χ2n) is 7.70. The molecule has 4 heteroatoms. The van der Waals surface area contributed by atoms with Gasteiger partial charge in [0.1, 0.15) is 0 Å². The first-order valence-electron chi connectivity index (χ1n) is 10.5. The van der Waals surface area contributed by atoms with E-state index in [9.17, 15) is 4.79 Å². The van der Waals surface area contributed by atoms with Gasteiger partial charge in [-0.2, -0.15) is 0 Å². The van der Waals surface area contributed by atoms with Crippen molar-refractivity contribution in [3.05, 3.63) is 95.4 Å². The molecule has 1 aliphatic heterocycles. The summed E-state index contributed by atoms with van der Waals surface area (Å²) in [5.41, 5.74) is 3.36. The molecule has 1 saturated heterocycles. The largest absolute Gasteiger partial charge is 0.459 e. The summed E-state index contributed by atoms with van der Waals surface area (Å²) >= 11 is 0. The molecule has 0 saturated carbocycles. The number of carbonyl (C=O) groups is 1. The number of benzene rings is 2. The zero-order chi connectivity index (χ0) is 20.6. The molecule has 1 aromatic heterocycles. The van der Waals surface area contributed by atoms with Crippen molar-refractivity contribution in [3.8, 4) is 11.8 Å². The monoisotopic (exact) mass is 398 g/mol. The number of amides is 1. The molecular formula is C26H26N2O2. The average Bonchev–Trinajstić information content (AvgIpc) is 3.33. The molecule has 152 valence electrons. The molecule has 3 aromatic rings. The SMILES string of the molecule is O=C(NCC1CCCN(Cc2ccccc2C#Cc2ccccc2)C1)c1ccco1. The van der Waals surface area contributed by atoms with Crippen molar-refractivity contribution in [2.24, 2.45) is 5.92 Å². The van der Waals surface area contributed by atoms with E-state index in [1.54, 1.807) is 12.1 Å². The van der Waals surface area contributed by atoms with E-state index in [1.807, 2.05) is 36.4 Å². The summed E-state index contributed by atoms with van der Waals surface area (Å²) in [6.45, 7) is 3.59. The third kappa shape index (κ3) is 5.40. The first-order valence-corrected chi connectivity index (χ1v) is 10.5. The summed E-state index contributed by atoms with van der Waals surface area (Å²) in [6, 6.07) is 21.9. The van der Waals surface area contributed by atoms with Crippen molar-refractivity contribution in [1.82, 2.24) is 10.2 Å². The Balaban J connectivity index is 1.36. The smallest absolute Gasteiger partial charge is 0.286 e. The molecule has 1 aliphatic rings. The molecule has 0 bridgehead atoms. The van der Waals surface area contributed by atoms with Crippen LogP contribution in [0.5, 0.6) is 0 Å². The van der Waals surface area contributed by atoms with Gasteiger partial charge in [-0.3, -0.25) is 9.69 Å². The highest BCUT2D eigenvalue weighted by Crippen LogP contribution is 2.20. The Bertz CT molecular complexity index is 1020. The molecule has 0 spiro atoms. The fourth-order valence-electron chi connectivity index (χ4n) is 3.88. The van der Waals surface area contributed by atoms with Crippen molar-refractivity contribution in [1.29, 1.82) is 0 Å². The molecule has 1 atom stereocenters. The third-order valence-electron chi connectivity index (χ3n) is 5.43. The van der Waals surface area contributed by atoms with Crippen LogP contribution in [0.25, 0.3) is 0 Å². The highest BCUT2D eigenvalue weighted by Gasteiger charge is 2.21. The number of rotatable bonds is 5. The summed E-state index contributed by atoms with van der Waals surface area (Å²) in [7, 11) is 0. The highest BCUT2D eigenvalue weighted by atomic mass is 16.3. The van der Waals surface area contributed by atoms with Gasteiger partial charge in [0, 0.05) is 30.8 Å². The number of nitrogens with one attached hydrogen (secondary N) is 1. The number of likely N-dealkylation sites (tertiary alicyclic amines) is 1. The van der Waals surface area contributed by atoms with Gasteiger partial charge in [0.15, 0.2) is 5.76 Å². The van der Waals surface area contributed by atoms with Crippen LogP contribution in [-0.2, 0) is 6.54 Å². The van der Waals surface area contributed by atoms with E-state index < -0.39 is 0 Å². The van der Waals surface area contributed by atoms with Crippen molar-refractivity contribution in [2.75, 3.05) is 19.6 Å². The lowest BCUT2D eigenvalue weighted by molar-refractivity contribution is 0.0903. The minimum absolute atomic E-state index is 0.140. The number of hydrogen-bond donors (Lipinski definition) is 1. The van der Waals surface area contributed by atoms with Crippen molar-refractivity contribution < 1.29 is 9.21 Å². The molecule has 4 rings (SSSR count). The Kier molecular flexibility index (Phi) is 6.64. The van der Waals surface area contributed by atoms with Gasteiger partial charge in [-0.15, -0.1) is 0 Å². The predicted molar refractivity (Wildman–Crippen MR) is 118 cm³/mol. The second-order valence-corrected chi connectivity index (χ2v) is 7.70. The lowest BCUT2D eigenvalue weighted by atomic mass is 9.97. The lowest BCUT2D eigenvalue weighted by Crippen LogP contribution is -2.40. The molecule has 0 radical (unpaired) electrons. The fraction of sp³-hybridized carbons (Fsp3) is 0.269. The zero-order valence-electron chi connectivity index (χ0n) is 17.0. The van der Waals surface area contributed by atoms with Crippen LogP contribution in [-0.4, -0.2) is 30.4 Å². The molecule has 1 unspecified atom stereocenters. The fourth-order valence-corrected chi connectivity index (χ4v) is 3.88. The molecular weight excluding hydrogens is 372 g/mol. The molecule has 1 N–H and O–H groups in total. The Morgan fingerprint density at radius 1 is 1.03 bits per heavy atom. The van der Waals surface area contributed by atoms with Crippen LogP contribution >= 0.6 is 0 Å². The maximum Gasteiger partial charge on any atom is 0.286 e. The van der Waals surface area contributed by atoms with E-state index in [2.05, 4.69) is 40.3 Å². The van der Waals surface area contributed by atoms with Gasteiger partial charge < -0.3 is 9.73 Å². The van der Waals surface area contributed by atoms with Gasteiger partial charge in [0.2, 0.25) is 0 Å². The lowest BCUT2D eigenvalue weighted by Gasteiger charge is -2.33. The summed E-state index contributed by atoms with van der Waals surface area (Å²) in [6.07, 6.45) is 3.79. The molecule has 1 fully saturated rings. The topological polar surface area (TPSA) is 45.5 Å². The molecule has 30 heavy (non-hydrogen) atoms. The van der Waals surface area contributed by atoms with Gasteiger partial charge in [0.25, 0.3) is 5.91 Å². The van der Waals surface area contributed by atoms with Gasteiger partial charge in [-0.25, -0.2) is 0 Å². The molecule has 4 nitrogen and oxygen atoms in total. The van der Waals surface area contributed by atoms with Crippen molar-refractivity contribution in [2.45, 2.75) is 19.4 Å². The first kappa shape index (κ1) is 20.0. The second kappa shape index (κ2) is 9.96. The van der Waals surface area contributed by atoms with Gasteiger partial charge >= 0.3 is 0 Å². The minimum atomic E-state index is -0.140. The third-order valence-corrected chi connectivity index (χ3v) is 5.43. The van der Waals surface area contributed by atoms with E-state index in [1.165, 1.54) is 11.8 Å². The highest BCUT2D eigenvalue weighted by molar-refractivity contribution is 5.91. The van der Waals surface area contributed by atoms with Gasteiger partial charge in [-0.1, -0.05) is 48.2 Å². The van der Waals surface area contributed by atoms with Crippen LogP contribution in [0.3, 0.4) is 0 Å². The normalized spacial score (nSPS) is 16.5. The maximum absolute atomic E-state index is 12.1. The summed E-state index contributed by atoms with van der Waals surface area (Å²) in [5.74, 6) is 7.28. The number of carbonyl (C=O) groups excluding carboxylic acids is 1.